The van der Waals surface area contributed by atoms with E-state index in [2.05, 4.69) is 10.3 Å². The van der Waals surface area contributed by atoms with Crippen LogP contribution in [0.15, 0.2) is 24.4 Å². The van der Waals surface area contributed by atoms with Crippen molar-refractivity contribution in [3.8, 4) is 0 Å². The first-order valence-corrected chi connectivity index (χ1v) is 6.57. The molecule has 1 N–H and O–H groups in total. The van der Waals surface area contributed by atoms with Crippen LogP contribution in [0.4, 0.5) is 5.69 Å². The largest absolute Gasteiger partial charge is 0.342 e. The normalized spacial score (nSPS) is 10.5. The van der Waals surface area contributed by atoms with E-state index in [1.807, 2.05) is 6.92 Å². The van der Waals surface area contributed by atoms with Crippen molar-refractivity contribution in [1.29, 1.82) is 0 Å². The van der Waals surface area contributed by atoms with Gasteiger partial charge in [-0.1, -0.05) is 23.2 Å². The minimum atomic E-state index is -0.221. The van der Waals surface area contributed by atoms with Crippen LogP contribution in [-0.4, -0.2) is 15.5 Å². The molecular formula is C13H13Cl2N3O. The topological polar surface area (TPSA) is 46.9 Å². The zero-order valence-electron chi connectivity index (χ0n) is 10.6. The fourth-order valence-electron chi connectivity index (χ4n) is 1.78. The molecule has 0 aliphatic heterocycles. The van der Waals surface area contributed by atoms with Crippen molar-refractivity contribution in [1.82, 2.24) is 9.55 Å². The maximum absolute atomic E-state index is 12.2. The quantitative estimate of drug-likeness (QED) is 0.877. The van der Waals surface area contributed by atoms with Gasteiger partial charge in [-0.15, -0.1) is 0 Å². The second-order valence-corrected chi connectivity index (χ2v) is 4.87. The van der Waals surface area contributed by atoms with Gasteiger partial charge in [0.15, 0.2) is 0 Å². The highest BCUT2D eigenvalue weighted by Crippen LogP contribution is 2.19. The van der Waals surface area contributed by atoms with Crippen LogP contribution in [0.3, 0.4) is 0 Å². The fraction of sp³-hybridized carbons (Fsp3) is 0.231. The van der Waals surface area contributed by atoms with E-state index in [1.54, 1.807) is 35.9 Å². The number of nitrogens with zero attached hydrogens (tertiary/aromatic N) is 2. The minimum absolute atomic E-state index is 0.221. The number of carbonyl (C=O) groups excluding carboxylic acids is 1. The Balaban J connectivity index is 2.25. The Morgan fingerprint density at radius 1 is 1.42 bits per heavy atom. The lowest BCUT2D eigenvalue weighted by atomic mass is 10.3. The Bertz CT molecular complexity index is 622. The number of amides is 1. The average Bonchev–Trinajstić information content (AvgIpc) is 2.74. The molecule has 2 heterocycles. The second-order valence-electron chi connectivity index (χ2n) is 4.05. The molecule has 0 aromatic carbocycles. The molecule has 1 amide bonds. The van der Waals surface area contributed by atoms with Crippen LogP contribution in [0.25, 0.3) is 0 Å². The predicted octanol–water partition coefficient (Wildman–Crippen LogP) is 3.77. The third-order valence-electron chi connectivity index (χ3n) is 2.74. The maximum atomic E-state index is 12.2. The molecule has 0 bridgehead atoms. The van der Waals surface area contributed by atoms with Gasteiger partial charge in [-0.3, -0.25) is 4.79 Å². The lowest BCUT2D eigenvalue weighted by Gasteiger charge is -2.09. The molecule has 2 aromatic rings. The van der Waals surface area contributed by atoms with E-state index in [1.165, 1.54) is 0 Å². The smallest absolute Gasteiger partial charge is 0.272 e. The minimum Gasteiger partial charge on any atom is -0.342 e. The van der Waals surface area contributed by atoms with Crippen molar-refractivity contribution in [3.63, 3.8) is 0 Å². The summed E-state index contributed by atoms with van der Waals surface area (Å²) in [5, 5.41) is 3.74. The van der Waals surface area contributed by atoms with E-state index in [9.17, 15) is 4.79 Å². The summed E-state index contributed by atoms with van der Waals surface area (Å²) in [6.45, 7) is 4.41. The summed E-state index contributed by atoms with van der Waals surface area (Å²) in [5.41, 5.74) is 1.82. The summed E-state index contributed by atoms with van der Waals surface area (Å²) in [6.07, 6.45) is 1.73. The van der Waals surface area contributed by atoms with Gasteiger partial charge in [-0.05, 0) is 32.0 Å². The molecule has 0 unspecified atom stereocenters. The van der Waals surface area contributed by atoms with Crippen LogP contribution >= 0.6 is 23.2 Å². The first-order valence-electron chi connectivity index (χ1n) is 5.81. The Morgan fingerprint density at radius 3 is 2.79 bits per heavy atom. The molecule has 0 aliphatic rings. The number of nitrogens with one attached hydrogen (secondary N) is 1. The number of rotatable bonds is 3. The number of aryl methyl sites for hydroxylation is 2. The second kappa shape index (κ2) is 5.63. The van der Waals surface area contributed by atoms with Crippen molar-refractivity contribution >= 4 is 34.8 Å². The molecule has 0 fully saturated rings. The van der Waals surface area contributed by atoms with E-state index in [4.69, 9.17) is 23.2 Å². The molecule has 2 aromatic heterocycles. The van der Waals surface area contributed by atoms with E-state index in [0.29, 0.717) is 33.8 Å². The molecule has 0 atom stereocenters. The average molecular weight is 298 g/mol. The SMILES string of the molecule is CCn1cc(Cl)cc1C(=O)Nc1ccc(Cl)nc1C. The molecule has 2 rings (SSSR count). The Hall–Kier alpha value is -1.52. The third kappa shape index (κ3) is 3.08. The number of anilines is 1. The van der Waals surface area contributed by atoms with E-state index < -0.39 is 0 Å². The van der Waals surface area contributed by atoms with Gasteiger partial charge in [0.1, 0.15) is 10.8 Å². The summed E-state index contributed by atoms with van der Waals surface area (Å²) in [5.74, 6) is -0.221. The molecule has 0 radical (unpaired) electrons. The van der Waals surface area contributed by atoms with Crippen molar-refractivity contribution in [3.05, 3.63) is 46.0 Å². The third-order valence-corrected chi connectivity index (χ3v) is 3.15. The van der Waals surface area contributed by atoms with Gasteiger partial charge in [-0.2, -0.15) is 0 Å². The summed E-state index contributed by atoms with van der Waals surface area (Å²) in [4.78, 5) is 16.3. The summed E-state index contributed by atoms with van der Waals surface area (Å²) in [7, 11) is 0. The van der Waals surface area contributed by atoms with Gasteiger partial charge in [0.2, 0.25) is 0 Å². The number of hydrogen-bond donors (Lipinski definition) is 1. The number of aromatic nitrogens is 2. The van der Waals surface area contributed by atoms with Gasteiger partial charge in [-0.25, -0.2) is 4.98 Å². The van der Waals surface area contributed by atoms with Crippen LogP contribution in [-0.2, 0) is 6.54 Å². The highest BCUT2D eigenvalue weighted by Gasteiger charge is 2.13. The van der Waals surface area contributed by atoms with Gasteiger partial charge >= 0.3 is 0 Å². The number of halogens is 2. The molecule has 100 valence electrons. The lowest BCUT2D eigenvalue weighted by molar-refractivity contribution is 0.101. The lowest BCUT2D eigenvalue weighted by Crippen LogP contribution is -2.17. The summed E-state index contributed by atoms with van der Waals surface area (Å²) < 4.78 is 1.79. The molecular weight excluding hydrogens is 285 g/mol. The van der Waals surface area contributed by atoms with Gasteiger partial charge < -0.3 is 9.88 Å². The van der Waals surface area contributed by atoms with Crippen LogP contribution in [0.2, 0.25) is 10.2 Å². The summed E-state index contributed by atoms with van der Waals surface area (Å²) in [6, 6.07) is 5.00. The van der Waals surface area contributed by atoms with Crippen molar-refractivity contribution < 1.29 is 4.79 Å². The Kier molecular flexibility index (Phi) is 4.12. The molecule has 0 saturated carbocycles. The van der Waals surface area contributed by atoms with Crippen LogP contribution in [0.5, 0.6) is 0 Å². The highest BCUT2D eigenvalue weighted by molar-refractivity contribution is 6.31. The Morgan fingerprint density at radius 2 is 2.16 bits per heavy atom. The maximum Gasteiger partial charge on any atom is 0.272 e. The summed E-state index contributed by atoms with van der Waals surface area (Å²) >= 11 is 11.7. The molecule has 4 nitrogen and oxygen atoms in total. The van der Waals surface area contributed by atoms with E-state index in [-0.39, 0.29) is 5.91 Å². The standard InChI is InChI=1S/C13H13Cl2N3O/c1-3-18-7-9(14)6-11(18)13(19)17-10-4-5-12(15)16-8(10)2/h4-7H,3H2,1-2H3,(H,17,19). The van der Waals surface area contributed by atoms with E-state index >= 15 is 0 Å². The van der Waals surface area contributed by atoms with E-state index in [0.717, 1.165) is 0 Å². The van der Waals surface area contributed by atoms with Crippen LogP contribution in [0, 0.1) is 6.92 Å². The molecule has 0 spiro atoms. The zero-order chi connectivity index (χ0) is 14.0. The molecule has 19 heavy (non-hydrogen) atoms. The first kappa shape index (κ1) is 13.9. The monoisotopic (exact) mass is 297 g/mol. The number of pyridine rings is 1. The predicted molar refractivity (Wildman–Crippen MR) is 77.1 cm³/mol. The van der Waals surface area contributed by atoms with Crippen molar-refractivity contribution in [2.75, 3.05) is 5.32 Å². The molecule has 6 heteroatoms. The van der Waals surface area contributed by atoms with Crippen LogP contribution in [0.1, 0.15) is 23.1 Å². The zero-order valence-corrected chi connectivity index (χ0v) is 12.1. The Labute approximate surface area is 121 Å². The van der Waals surface area contributed by atoms with Crippen molar-refractivity contribution in [2.45, 2.75) is 20.4 Å². The van der Waals surface area contributed by atoms with Crippen molar-refractivity contribution in [2.24, 2.45) is 0 Å². The van der Waals surface area contributed by atoms with Crippen LogP contribution < -0.4 is 5.32 Å². The van der Waals surface area contributed by atoms with Gasteiger partial charge in [0, 0.05) is 12.7 Å². The van der Waals surface area contributed by atoms with Gasteiger partial charge in [0.25, 0.3) is 5.91 Å². The first-order chi connectivity index (χ1) is 9.01. The highest BCUT2D eigenvalue weighted by atomic mass is 35.5. The molecule has 0 saturated heterocycles. The molecule has 0 aliphatic carbocycles. The fourth-order valence-corrected chi connectivity index (χ4v) is 2.19. The van der Waals surface area contributed by atoms with Gasteiger partial charge in [0.05, 0.1) is 16.4 Å². The number of hydrogen-bond acceptors (Lipinski definition) is 2. The number of carbonyl (C=O) groups is 1.